The molecule has 0 spiro atoms. The normalized spacial score (nSPS) is 19.5. The van der Waals surface area contributed by atoms with Gasteiger partial charge in [0.1, 0.15) is 6.34 Å². The molecular weight excluding hydrogens is 418 g/mol. The lowest BCUT2D eigenvalue weighted by molar-refractivity contribution is 0.0288. The zero-order valence-corrected chi connectivity index (χ0v) is 18.0. The summed E-state index contributed by atoms with van der Waals surface area (Å²) in [5.74, 6) is -0.732. The van der Waals surface area contributed by atoms with Gasteiger partial charge in [-0.15, -0.1) is 0 Å². The maximum absolute atomic E-state index is 12.7. The molecule has 2 N–H and O–H groups in total. The Balaban J connectivity index is 1.43. The van der Waals surface area contributed by atoms with Crippen molar-refractivity contribution >= 4 is 33.7 Å². The van der Waals surface area contributed by atoms with Crippen LogP contribution < -0.4 is 9.79 Å². The SMILES string of the molecule is Cc1ccc(S(=O)(=O)Nc2ccc(N3C=NC(C4CCCCC4)O3)cc2)cc1C(=O)O. The molecule has 164 valence electrons. The van der Waals surface area contributed by atoms with Crippen molar-refractivity contribution in [2.24, 2.45) is 10.9 Å². The van der Waals surface area contributed by atoms with Gasteiger partial charge in [0.25, 0.3) is 10.0 Å². The molecule has 2 aromatic carbocycles. The third-order valence-corrected chi connectivity index (χ3v) is 7.10. The lowest BCUT2D eigenvalue weighted by atomic mass is 9.88. The Morgan fingerprint density at radius 1 is 1.13 bits per heavy atom. The minimum absolute atomic E-state index is 0.0452. The number of nitrogens with one attached hydrogen (secondary N) is 1. The Kier molecular flexibility index (Phi) is 5.97. The van der Waals surface area contributed by atoms with Crippen molar-refractivity contribution in [3.63, 3.8) is 0 Å². The van der Waals surface area contributed by atoms with Crippen LogP contribution in [0.5, 0.6) is 0 Å². The molecule has 1 aliphatic heterocycles. The summed E-state index contributed by atoms with van der Waals surface area (Å²) in [4.78, 5) is 21.6. The van der Waals surface area contributed by atoms with E-state index in [4.69, 9.17) is 4.84 Å². The largest absolute Gasteiger partial charge is 0.478 e. The zero-order valence-electron chi connectivity index (χ0n) is 17.2. The molecule has 1 saturated carbocycles. The van der Waals surface area contributed by atoms with E-state index in [9.17, 15) is 18.3 Å². The number of carboxylic acids is 1. The summed E-state index contributed by atoms with van der Waals surface area (Å²) >= 11 is 0. The number of nitrogens with zero attached hydrogens (tertiary/aromatic N) is 2. The van der Waals surface area contributed by atoms with E-state index < -0.39 is 16.0 Å². The van der Waals surface area contributed by atoms with Crippen molar-refractivity contribution in [3.8, 4) is 0 Å². The summed E-state index contributed by atoms with van der Waals surface area (Å²) in [6.07, 6.45) is 7.45. The van der Waals surface area contributed by atoms with Crippen molar-refractivity contribution in [2.45, 2.75) is 50.2 Å². The molecule has 0 aromatic heterocycles. The Morgan fingerprint density at radius 2 is 1.84 bits per heavy atom. The Bertz CT molecular complexity index is 1090. The molecule has 1 heterocycles. The van der Waals surface area contributed by atoms with E-state index in [1.807, 2.05) is 0 Å². The van der Waals surface area contributed by atoms with Crippen molar-refractivity contribution < 1.29 is 23.2 Å². The molecule has 0 saturated heterocycles. The van der Waals surface area contributed by atoms with Crippen LogP contribution in [0.25, 0.3) is 0 Å². The molecule has 1 aliphatic carbocycles. The highest BCUT2D eigenvalue weighted by Crippen LogP contribution is 2.32. The third-order valence-electron chi connectivity index (χ3n) is 5.72. The first-order valence-corrected chi connectivity index (χ1v) is 11.8. The fourth-order valence-corrected chi connectivity index (χ4v) is 5.03. The first kappa shape index (κ1) is 21.3. The van der Waals surface area contributed by atoms with Gasteiger partial charge in [0.2, 0.25) is 0 Å². The lowest BCUT2D eigenvalue weighted by Gasteiger charge is -2.26. The number of benzene rings is 2. The molecule has 31 heavy (non-hydrogen) atoms. The number of rotatable bonds is 6. The van der Waals surface area contributed by atoms with Crippen molar-refractivity contribution in [1.29, 1.82) is 0 Å². The molecule has 1 fully saturated rings. The summed E-state index contributed by atoms with van der Waals surface area (Å²) in [5, 5.41) is 10.8. The highest BCUT2D eigenvalue weighted by Gasteiger charge is 2.29. The highest BCUT2D eigenvalue weighted by molar-refractivity contribution is 7.92. The molecule has 1 unspecified atom stereocenters. The number of sulfonamides is 1. The lowest BCUT2D eigenvalue weighted by Crippen LogP contribution is -2.26. The Morgan fingerprint density at radius 3 is 2.52 bits per heavy atom. The number of aryl methyl sites for hydroxylation is 1. The molecule has 2 aliphatic rings. The van der Waals surface area contributed by atoms with Gasteiger partial charge in [-0.3, -0.25) is 4.72 Å². The van der Waals surface area contributed by atoms with Crippen LogP contribution in [-0.4, -0.2) is 32.1 Å². The number of aliphatic imine (C=N–C) groups is 1. The number of anilines is 2. The van der Waals surface area contributed by atoms with E-state index in [0.29, 0.717) is 17.2 Å². The maximum atomic E-state index is 12.7. The number of carboxylic acid groups (broad SMARTS) is 1. The van der Waals surface area contributed by atoms with Crippen LogP contribution in [0.1, 0.15) is 48.0 Å². The molecule has 9 heteroatoms. The zero-order chi connectivity index (χ0) is 22.0. The molecule has 4 rings (SSSR count). The Hall–Kier alpha value is -2.91. The molecule has 8 nitrogen and oxygen atoms in total. The molecule has 1 atom stereocenters. The number of hydrogen-bond acceptors (Lipinski definition) is 6. The highest BCUT2D eigenvalue weighted by atomic mass is 32.2. The van der Waals surface area contributed by atoms with E-state index in [2.05, 4.69) is 9.71 Å². The van der Waals surface area contributed by atoms with Crippen LogP contribution in [0.3, 0.4) is 0 Å². The predicted octanol–water partition coefficient (Wildman–Crippen LogP) is 4.18. The second-order valence-corrected chi connectivity index (χ2v) is 9.60. The topological polar surface area (TPSA) is 108 Å². The van der Waals surface area contributed by atoms with E-state index >= 15 is 0 Å². The van der Waals surface area contributed by atoms with Gasteiger partial charge in [0.05, 0.1) is 16.1 Å². The summed E-state index contributed by atoms with van der Waals surface area (Å²) in [6, 6.07) is 10.8. The van der Waals surface area contributed by atoms with Gasteiger partial charge >= 0.3 is 5.97 Å². The van der Waals surface area contributed by atoms with Gasteiger partial charge in [-0.25, -0.2) is 28.1 Å². The summed E-state index contributed by atoms with van der Waals surface area (Å²) in [6.45, 7) is 1.62. The van der Waals surface area contributed by atoms with Crippen LogP contribution in [0, 0.1) is 12.8 Å². The van der Waals surface area contributed by atoms with Crippen LogP contribution in [0.2, 0.25) is 0 Å². The molecule has 0 radical (unpaired) electrons. The van der Waals surface area contributed by atoms with E-state index in [0.717, 1.165) is 24.6 Å². The minimum atomic E-state index is -3.93. The van der Waals surface area contributed by atoms with E-state index in [1.165, 1.54) is 31.4 Å². The predicted molar refractivity (Wildman–Crippen MR) is 118 cm³/mol. The molecule has 0 amide bonds. The van der Waals surface area contributed by atoms with Crippen LogP contribution in [-0.2, 0) is 14.9 Å². The fourth-order valence-electron chi connectivity index (χ4n) is 3.94. The van der Waals surface area contributed by atoms with Crippen LogP contribution in [0.15, 0.2) is 52.4 Å². The molecule has 0 bridgehead atoms. The second kappa shape index (κ2) is 8.68. The standard InChI is InChI=1S/C22H25N3O5S/c1-15-7-12-19(13-20(15)22(26)27)31(28,29)24-17-8-10-18(11-9-17)25-14-23-21(30-25)16-5-3-2-4-6-16/h7-14,16,21,24H,2-6H2,1H3,(H,26,27). The van der Waals surface area contributed by atoms with Gasteiger partial charge in [-0.2, -0.15) is 0 Å². The van der Waals surface area contributed by atoms with Gasteiger partial charge < -0.3 is 5.11 Å². The third kappa shape index (κ3) is 4.72. The van der Waals surface area contributed by atoms with Crippen LogP contribution in [0.4, 0.5) is 11.4 Å². The number of hydroxylamine groups is 1. The Labute approximate surface area is 181 Å². The summed E-state index contributed by atoms with van der Waals surface area (Å²) in [7, 11) is -3.93. The van der Waals surface area contributed by atoms with Crippen molar-refractivity contribution in [2.75, 3.05) is 9.79 Å². The van der Waals surface area contributed by atoms with Gasteiger partial charge in [-0.1, -0.05) is 25.3 Å². The first-order valence-electron chi connectivity index (χ1n) is 10.3. The number of hydrogen-bond donors (Lipinski definition) is 2. The summed E-state index contributed by atoms with van der Waals surface area (Å²) in [5.41, 5.74) is 1.56. The number of aromatic carboxylic acids is 1. The van der Waals surface area contributed by atoms with Crippen molar-refractivity contribution in [1.82, 2.24) is 0 Å². The second-order valence-electron chi connectivity index (χ2n) is 7.92. The van der Waals surface area contributed by atoms with Crippen LogP contribution >= 0.6 is 0 Å². The fraction of sp³-hybridized carbons (Fsp3) is 0.364. The van der Waals surface area contributed by atoms with E-state index in [1.54, 1.807) is 42.6 Å². The van der Waals surface area contributed by atoms with Crippen molar-refractivity contribution in [3.05, 3.63) is 53.6 Å². The quantitative estimate of drug-likeness (QED) is 0.693. The van der Waals surface area contributed by atoms with E-state index in [-0.39, 0.29) is 16.7 Å². The molecular formula is C22H25N3O5S. The average molecular weight is 444 g/mol. The van der Waals surface area contributed by atoms with Gasteiger partial charge in [0, 0.05) is 11.6 Å². The monoisotopic (exact) mass is 443 g/mol. The minimum Gasteiger partial charge on any atom is -0.478 e. The maximum Gasteiger partial charge on any atom is 0.335 e. The average Bonchev–Trinajstić information content (AvgIpc) is 3.25. The smallest absolute Gasteiger partial charge is 0.335 e. The van der Waals surface area contributed by atoms with Gasteiger partial charge in [0.15, 0.2) is 6.23 Å². The summed E-state index contributed by atoms with van der Waals surface area (Å²) < 4.78 is 27.9. The van der Waals surface area contributed by atoms with Gasteiger partial charge in [-0.05, 0) is 61.7 Å². The molecule has 2 aromatic rings. The first-order chi connectivity index (χ1) is 14.8. The number of carbonyl (C=O) groups is 1.